The number of hydrogen-bond donors (Lipinski definition) is 1. The van der Waals surface area contributed by atoms with Crippen LogP contribution in [0.3, 0.4) is 0 Å². The van der Waals surface area contributed by atoms with Crippen molar-refractivity contribution in [1.82, 2.24) is 10.3 Å². The first kappa shape index (κ1) is 13.0. The zero-order valence-electron chi connectivity index (χ0n) is 10.2. The Morgan fingerprint density at radius 3 is 3.11 bits per heavy atom. The predicted molar refractivity (Wildman–Crippen MR) is 64.7 cm³/mol. The number of halogens is 1. The number of hydrogen-bond acceptors (Lipinski definition) is 3. The molecule has 0 saturated carbocycles. The third kappa shape index (κ3) is 3.77. The minimum Gasteiger partial charge on any atom is -0.378 e. The van der Waals surface area contributed by atoms with Crippen LogP contribution in [0.25, 0.3) is 0 Å². The summed E-state index contributed by atoms with van der Waals surface area (Å²) in [6.45, 7) is 1.34. The van der Waals surface area contributed by atoms with Crippen molar-refractivity contribution in [3.05, 3.63) is 29.8 Å². The lowest BCUT2D eigenvalue weighted by Gasteiger charge is -2.22. The lowest BCUT2D eigenvalue weighted by Crippen LogP contribution is -2.30. The maximum Gasteiger partial charge on any atom is 0.269 e. The Morgan fingerprint density at radius 1 is 1.50 bits per heavy atom. The number of nitrogens with one attached hydrogen (secondary N) is 1. The van der Waals surface area contributed by atoms with Gasteiger partial charge in [0.05, 0.1) is 6.10 Å². The van der Waals surface area contributed by atoms with Crippen LogP contribution in [0.2, 0.25) is 0 Å². The first-order valence-electron chi connectivity index (χ1n) is 6.28. The van der Waals surface area contributed by atoms with E-state index in [1.807, 2.05) is 0 Å². The van der Waals surface area contributed by atoms with Gasteiger partial charge in [0.25, 0.3) is 5.91 Å². The summed E-state index contributed by atoms with van der Waals surface area (Å²) in [4.78, 5) is 15.2. The Bertz CT molecular complexity index is 406. The summed E-state index contributed by atoms with van der Waals surface area (Å²) in [7, 11) is 0. The molecule has 0 spiro atoms. The second kappa shape index (κ2) is 6.44. The molecule has 0 aliphatic carbocycles. The molecule has 18 heavy (non-hydrogen) atoms. The molecule has 1 amide bonds. The number of aromatic nitrogens is 1. The number of pyridine rings is 1. The number of carbonyl (C=O) groups excluding carboxylic acids is 1. The van der Waals surface area contributed by atoms with Crippen molar-refractivity contribution in [2.45, 2.75) is 31.8 Å². The van der Waals surface area contributed by atoms with Gasteiger partial charge in [0.1, 0.15) is 5.69 Å². The molecule has 5 heteroatoms. The van der Waals surface area contributed by atoms with Crippen LogP contribution in [-0.2, 0) is 4.74 Å². The number of rotatable bonds is 4. The standard InChI is InChI=1S/C13H17FN2O2/c14-12-6-3-5-11(16-12)13(17)15-8-7-10-4-1-2-9-18-10/h3,5-6,10H,1-2,4,7-9H2,(H,15,17). The van der Waals surface area contributed by atoms with Gasteiger partial charge < -0.3 is 10.1 Å². The molecule has 0 radical (unpaired) electrons. The largest absolute Gasteiger partial charge is 0.378 e. The lowest BCUT2D eigenvalue weighted by molar-refractivity contribution is 0.0117. The fourth-order valence-corrected chi connectivity index (χ4v) is 2.01. The van der Waals surface area contributed by atoms with Crippen LogP contribution >= 0.6 is 0 Å². The molecular formula is C13H17FN2O2. The van der Waals surface area contributed by atoms with E-state index in [2.05, 4.69) is 10.3 Å². The number of nitrogens with zero attached hydrogens (tertiary/aromatic N) is 1. The second-order valence-electron chi connectivity index (χ2n) is 4.38. The summed E-state index contributed by atoms with van der Waals surface area (Å²) in [5.41, 5.74) is 0.111. The van der Waals surface area contributed by atoms with Gasteiger partial charge >= 0.3 is 0 Å². The fraction of sp³-hybridized carbons (Fsp3) is 0.538. The smallest absolute Gasteiger partial charge is 0.269 e. The summed E-state index contributed by atoms with van der Waals surface area (Å²) in [5.74, 6) is -0.983. The molecule has 1 aliphatic rings. The van der Waals surface area contributed by atoms with Crippen LogP contribution in [0.4, 0.5) is 4.39 Å². The highest BCUT2D eigenvalue weighted by atomic mass is 19.1. The van der Waals surface area contributed by atoms with E-state index in [0.29, 0.717) is 6.54 Å². The highest BCUT2D eigenvalue weighted by Gasteiger charge is 2.14. The van der Waals surface area contributed by atoms with E-state index in [9.17, 15) is 9.18 Å². The van der Waals surface area contributed by atoms with E-state index in [1.165, 1.54) is 24.6 Å². The lowest BCUT2D eigenvalue weighted by atomic mass is 10.1. The molecule has 1 aliphatic heterocycles. The number of amides is 1. The average Bonchev–Trinajstić information content (AvgIpc) is 2.40. The summed E-state index contributed by atoms with van der Waals surface area (Å²) >= 11 is 0. The third-order valence-corrected chi connectivity index (χ3v) is 2.97. The van der Waals surface area contributed by atoms with Crippen molar-refractivity contribution in [1.29, 1.82) is 0 Å². The molecule has 0 bridgehead atoms. The van der Waals surface area contributed by atoms with Gasteiger partial charge in [-0.15, -0.1) is 0 Å². The molecule has 1 atom stereocenters. The normalized spacial score (nSPS) is 19.5. The Kier molecular flexibility index (Phi) is 4.64. The molecule has 4 nitrogen and oxygen atoms in total. The topological polar surface area (TPSA) is 51.2 Å². The molecule has 1 fully saturated rings. The molecule has 1 N–H and O–H groups in total. The summed E-state index contributed by atoms with van der Waals surface area (Å²) in [6, 6.07) is 4.18. The van der Waals surface area contributed by atoms with Gasteiger partial charge in [-0.05, 0) is 37.8 Å². The van der Waals surface area contributed by atoms with Gasteiger partial charge in [0.2, 0.25) is 5.95 Å². The van der Waals surface area contributed by atoms with E-state index in [1.54, 1.807) is 0 Å². The zero-order valence-corrected chi connectivity index (χ0v) is 10.2. The Balaban J connectivity index is 1.74. The molecule has 2 heterocycles. The van der Waals surface area contributed by atoms with Crippen molar-refractivity contribution in [3.63, 3.8) is 0 Å². The summed E-state index contributed by atoms with van der Waals surface area (Å²) in [5, 5.41) is 2.73. The average molecular weight is 252 g/mol. The first-order chi connectivity index (χ1) is 8.75. The Hall–Kier alpha value is -1.49. The van der Waals surface area contributed by atoms with Crippen molar-refractivity contribution >= 4 is 5.91 Å². The van der Waals surface area contributed by atoms with Crippen LogP contribution in [0, 0.1) is 5.95 Å². The maximum absolute atomic E-state index is 12.8. The van der Waals surface area contributed by atoms with Crippen LogP contribution < -0.4 is 5.32 Å². The van der Waals surface area contributed by atoms with E-state index < -0.39 is 5.95 Å². The second-order valence-corrected chi connectivity index (χ2v) is 4.38. The van der Waals surface area contributed by atoms with E-state index >= 15 is 0 Å². The third-order valence-electron chi connectivity index (χ3n) is 2.97. The first-order valence-corrected chi connectivity index (χ1v) is 6.28. The van der Waals surface area contributed by atoms with Crippen LogP contribution in [0.1, 0.15) is 36.2 Å². The predicted octanol–water partition coefficient (Wildman–Crippen LogP) is 1.91. The van der Waals surface area contributed by atoms with Crippen LogP contribution in [-0.4, -0.2) is 30.1 Å². The van der Waals surface area contributed by atoms with Gasteiger partial charge in [-0.1, -0.05) is 6.07 Å². The highest BCUT2D eigenvalue weighted by Crippen LogP contribution is 2.14. The minimum absolute atomic E-state index is 0.111. The Morgan fingerprint density at radius 2 is 2.39 bits per heavy atom. The number of carbonyl (C=O) groups is 1. The van der Waals surface area contributed by atoms with Gasteiger partial charge in [0, 0.05) is 13.2 Å². The molecule has 1 saturated heterocycles. The molecule has 1 unspecified atom stereocenters. The molecule has 1 aromatic rings. The van der Waals surface area contributed by atoms with Crippen LogP contribution in [0.15, 0.2) is 18.2 Å². The minimum atomic E-state index is -0.640. The quantitative estimate of drug-likeness (QED) is 0.833. The van der Waals surface area contributed by atoms with E-state index in [-0.39, 0.29) is 17.7 Å². The molecule has 1 aromatic heterocycles. The van der Waals surface area contributed by atoms with Crippen molar-refractivity contribution < 1.29 is 13.9 Å². The van der Waals surface area contributed by atoms with Crippen molar-refractivity contribution in [3.8, 4) is 0 Å². The van der Waals surface area contributed by atoms with Gasteiger partial charge in [0.15, 0.2) is 0 Å². The van der Waals surface area contributed by atoms with E-state index in [0.717, 1.165) is 25.9 Å². The van der Waals surface area contributed by atoms with Gasteiger partial charge in [-0.3, -0.25) is 4.79 Å². The van der Waals surface area contributed by atoms with Gasteiger partial charge in [-0.2, -0.15) is 4.39 Å². The SMILES string of the molecule is O=C(NCCC1CCCCO1)c1cccc(F)n1. The summed E-state index contributed by atoms with van der Waals surface area (Å²) < 4.78 is 18.4. The molecule has 2 rings (SSSR count). The zero-order chi connectivity index (χ0) is 12.8. The highest BCUT2D eigenvalue weighted by molar-refractivity contribution is 5.92. The van der Waals surface area contributed by atoms with Crippen LogP contribution in [0.5, 0.6) is 0 Å². The van der Waals surface area contributed by atoms with Crippen molar-refractivity contribution in [2.24, 2.45) is 0 Å². The molecule has 0 aromatic carbocycles. The van der Waals surface area contributed by atoms with Crippen molar-refractivity contribution in [2.75, 3.05) is 13.2 Å². The Labute approximate surface area is 106 Å². The molecular weight excluding hydrogens is 235 g/mol. The van der Waals surface area contributed by atoms with E-state index in [4.69, 9.17) is 4.74 Å². The monoisotopic (exact) mass is 252 g/mol. The summed E-state index contributed by atoms with van der Waals surface area (Å²) in [6.07, 6.45) is 4.38. The maximum atomic E-state index is 12.8. The number of ether oxygens (including phenoxy) is 1. The molecule has 98 valence electrons. The fourth-order valence-electron chi connectivity index (χ4n) is 2.01. The van der Waals surface area contributed by atoms with Gasteiger partial charge in [-0.25, -0.2) is 4.98 Å².